The standard InChI is InChI=1S/C29H42O2/c1-19-16-28(8,9)18-29(17-19,22-14-10-12-20(24(22)30)26(2,3)4)23-15-11-13-21(25(23)31)27(5,6)7/h10-15,19,30-31H,16-18H2,1-9H3. The van der Waals surface area contributed by atoms with Crippen molar-refractivity contribution in [3.63, 3.8) is 0 Å². The van der Waals surface area contributed by atoms with Crippen LogP contribution >= 0.6 is 0 Å². The average molecular weight is 423 g/mol. The minimum atomic E-state index is -0.433. The lowest BCUT2D eigenvalue weighted by atomic mass is 9.54. The Morgan fingerprint density at radius 3 is 1.52 bits per heavy atom. The van der Waals surface area contributed by atoms with Gasteiger partial charge in [-0.15, -0.1) is 0 Å². The Morgan fingerprint density at radius 2 is 1.16 bits per heavy atom. The van der Waals surface area contributed by atoms with Gasteiger partial charge in [0, 0.05) is 16.5 Å². The molecule has 0 amide bonds. The van der Waals surface area contributed by atoms with Gasteiger partial charge in [-0.05, 0) is 52.6 Å². The molecular weight excluding hydrogens is 380 g/mol. The topological polar surface area (TPSA) is 40.5 Å². The fraction of sp³-hybridized carbons (Fsp3) is 0.586. The predicted molar refractivity (Wildman–Crippen MR) is 131 cm³/mol. The van der Waals surface area contributed by atoms with E-state index < -0.39 is 5.41 Å². The van der Waals surface area contributed by atoms with Gasteiger partial charge in [0.1, 0.15) is 11.5 Å². The summed E-state index contributed by atoms with van der Waals surface area (Å²) < 4.78 is 0. The number of benzene rings is 2. The van der Waals surface area contributed by atoms with Gasteiger partial charge in [0.15, 0.2) is 0 Å². The first-order valence-corrected chi connectivity index (χ1v) is 11.7. The highest BCUT2D eigenvalue weighted by atomic mass is 16.3. The van der Waals surface area contributed by atoms with Crippen molar-refractivity contribution in [2.45, 2.75) is 97.8 Å². The van der Waals surface area contributed by atoms with Crippen molar-refractivity contribution in [1.82, 2.24) is 0 Å². The van der Waals surface area contributed by atoms with Gasteiger partial charge >= 0.3 is 0 Å². The highest BCUT2D eigenvalue weighted by Crippen LogP contribution is 2.58. The lowest BCUT2D eigenvalue weighted by molar-refractivity contribution is 0.123. The van der Waals surface area contributed by atoms with Crippen molar-refractivity contribution in [3.05, 3.63) is 58.7 Å². The van der Waals surface area contributed by atoms with Gasteiger partial charge in [0.25, 0.3) is 0 Å². The van der Waals surface area contributed by atoms with Crippen molar-refractivity contribution in [3.8, 4) is 11.5 Å². The van der Waals surface area contributed by atoms with E-state index in [0.29, 0.717) is 17.4 Å². The number of aromatic hydroxyl groups is 2. The van der Waals surface area contributed by atoms with Crippen LogP contribution in [0.25, 0.3) is 0 Å². The molecule has 0 bridgehead atoms. The van der Waals surface area contributed by atoms with Gasteiger partial charge in [-0.1, -0.05) is 98.7 Å². The molecule has 0 saturated heterocycles. The van der Waals surface area contributed by atoms with Crippen LogP contribution in [0.5, 0.6) is 11.5 Å². The molecule has 170 valence electrons. The summed E-state index contributed by atoms with van der Waals surface area (Å²) in [5.41, 5.74) is 3.20. The maximum absolute atomic E-state index is 11.6. The fourth-order valence-corrected chi connectivity index (χ4v) is 6.20. The quantitative estimate of drug-likeness (QED) is 0.518. The molecule has 1 aliphatic rings. The van der Waals surface area contributed by atoms with Crippen LogP contribution in [0.15, 0.2) is 36.4 Å². The average Bonchev–Trinajstić information content (AvgIpc) is 2.58. The normalized spacial score (nSPS) is 21.1. The third-order valence-electron chi connectivity index (χ3n) is 7.10. The van der Waals surface area contributed by atoms with Gasteiger partial charge in [-0.2, -0.15) is 0 Å². The highest BCUT2D eigenvalue weighted by molar-refractivity contribution is 5.58. The van der Waals surface area contributed by atoms with E-state index in [1.807, 2.05) is 12.1 Å². The largest absolute Gasteiger partial charge is 0.507 e. The van der Waals surface area contributed by atoms with E-state index in [2.05, 4.69) is 86.6 Å². The molecule has 2 heteroatoms. The Bertz CT molecular complexity index is 890. The molecule has 2 N–H and O–H groups in total. The van der Waals surface area contributed by atoms with Crippen molar-refractivity contribution in [1.29, 1.82) is 0 Å². The Balaban J connectivity index is 2.38. The molecule has 3 rings (SSSR count). The zero-order valence-electron chi connectivity index (χ0n) is 21.1. The second-order valence-electron chi connectivity index (χ2n) is 12.8. The maximum Gasteiger partial charge on any atom is 0.123 e. The van der Waals surface area contributed by atoms with Crippen LogP contribution < -0.4 is 0 Å². The zero-order valence-corrected chi connectivity index (χ0v) is 21.1. The Kier molecular flexibility index (Phi) is 5.79. The van der Waals surface area contributed by atoms with E-state index in [1.54, 1.807) is 0 Å². The number of para-hydroxylation sites is 2. The third-order valence-corrected chi connectivity index (χ3v) is 7.10. The van der Waals surface area contributed by atoms with Gasteiger partial charge in [-0.3, -0.25) is 0 Å². The summed E-state index contributed by atoms with van der Waals surface area (Å²) >= 11 is 0. The first kappa shape index (κ1) is 23.7. The molecule has 2 aromatic carbocycles. The molecule has 0 aliphatic heterocycles. The minimum absolute atomic E-state index is 0.103. The molecule has 0 spiro atoms. The van der Waals surface area contributed by atoms with E-state index in [1.165, 1.54) is 0 Å². The van der Waals surface area contributed by atoms with Gasteiger partial charge < -0.3 is 10.2 Å². The summed E-state index contributed by atoms with van der Waals surface area (Å²) in [7, 11) is 0. The van der Waals surface area contributed by atoms with Crippen molar-refractivity contribution in [2.75, 3.05) is 0 Å². The molecule has 0 radical (unpaired) electrons. The Hall–Kier alpha value is -1.96. The summed E-state index contributed by atoms with van der Waals surface area (Å²) in [5.74, 6) is 1.26. The lowest BCUT2D eigenvalue weighted by Gasteiger charge is -2.49. The van der Waals surface area contributed by atoms with Crippen LogP contribution in [-0.2, 0) is 16.2 Å². The highest BCUT2D eigenvalue weighted by Gasteiger charge is 2.48. The van der Waals surface area contributed by atoms with Crippen LogP contribution in [0.3, 0.4) is 0 Å². The van der Waals surface area contributed by atoms with Gasteiger partial charge in [0.2, 0.25) is 0 Å². The van der Waals surface area contributed by atoms with Crippen LogP contribution in [0, 0.1) is 11.3 Å². The van der Waals surface area contributed by atoms with E-state index >= 15 is 0 Å². The minimum Gasteiger partial charge on any atom is -0.507 e. The summed E-state index contributed by atoms with van der Waals surface area (Å²) in [6.45, 7) is 19.8. The summed E-state index contributed by atoms with van der Waals surface area (Å²) in [4.78, 5) is 0. The van der Waals surface area contributed by atoms with E-state index in [0.717, 1.165) is 41.5 Å². The number of hydrogen-bond acceptors (Lipinski definition) is 2. The molecule has 1 unspecified atom stereocenters. The Labute approximate surface area is 189 Å². The maximum atomic E-state index is 11.6. The summed E-state index contributed by atoms with van der Waals surface area (Å²) in [5, 5.41) is 23.2. The van der Waals surface area contributed by atoms with E-state index in [-0.39, 0.29) is 16.2 Å². The third kappa shape index (κ3) is 4.36. The molecule has 2 aromatic rings. The summed E-state index contributed by atoms with van der Waals surface area (Å²) in [6, 6.07) is 12.4. The monoisotopic (exact) mass is 422 g/mol. The molecule has 2 nitrogen and oxygen atoms in total. The second kappa shape index (κ2) is 7.57. The molecule has 1 atom stereocenters. The number of rotatable bonds is 2. The van der Waals surface area contributed by atoms with Crippen molar-refractivity contribution < 1.29 is 10.2 Å². The van der Waals surface area contributed by atoms with Crippen LogP contribution in [0.1, 0.15) is 104 Å². The van der Waals surface area contributed by atoms with Crippen LogP contribution in [0.4, 0.5) is 0 Å². The van der Waals surface area contributed by atoms with Crippen LogP contribution in [-0.4, -0.2) is 10.2 Å². The molecule has 0 aromatic heterocycles. The van der Waals surface area contributed by atoms with Crippen LogP contribution in [0.2, 0.25) is 0 Å². The smallest absolute Gasteiger partial charge is 0.123 e. The predicted octanol–water partition coefficient (Wildman–Crippen LogP) is 7.83. The van der Waals surface area contributed by atoms with Gasteiger partial charge in [0.05, 0.1) is 0 Å². The molecular formula is C29H42O2. The Morgan fingerprint density at radius 1 is 0.742 bits per heavy atom. The number of phenolic OH excluding ortho intramolecular Hbond substituents is 2. The molecule has 1 fully saturated rings. The second-order valence-corrected chi connectivity index (χ2v) is 12.8. The molecule has 0 heterocycles. The SMILES string of the molecule is CC1CC(C)(C)CC(c2cccc(C(C)(C)C)c2O)(c2cccc(C(C)(C)C)c2O)C1. The number of hydrogen-bond donors (Lipinski definition) is 2. The van der Waals surface area contributed by atoms with Crippen molar-refractivity contribution in [2.24, 2.45) is 11.3 Å². The fourth-order valence-electron chi connectivity index (χ4n) is 6.20. The van der Waals surface area contributed by atoms with Crippen molar-refractivity contribution >= 4 is 0 Å². The lowest BCUT2D eigenvalue weighted by Crippen LogP contribution is -2.41. The summed E-state index contributed by atoms with van der Waals surface area (Å²) in [6.07, 6.45) is 2.96. The van der Waals surface area contributed by atoms with E-state index in [4.69, 9.17) is 0 Å². The first-order valence-electron chi connectivity index (χ1n) is 11.7. The van der Waals surface area contributed by atoms with E-state index in [9.17, 15) is 10.2 Å². The van der Waals surface area contributed by atoms with Gasteiger partial charge in [-0.25, -0.2) is 0 Å². The number of phenols is 2. The first-order chi connectivity index (χ1) is 14.1. The zero-order chi connectivity index (χ0) is 23.4. The molecule has 31 heavy (non-hydrogen) atoms. The molecule has 1 aliphatic carbocycles. The molecule has 1 saturated carbocycles.